The largest absolute Gasteiger partial charge is 0.459 e. The van der Waals surface area contributed by atoms with Crippen molar-refractivity contribution in [3.05, 3.63) is 82.4 Å². The summed E-state index contributed by atoms with van der Waals surface area (Å²) in [5.41, 5.74) is 1.32. The number of rotatable bonds is 3. The Labute approximate surface area is 172 Å². The SMILES string of the molecule is O=C(Nc1ccc2n(c1=O)C[C@H]1C[C@@H]2CN(C(=O)c2ccccn2)C1)c1ccco1. The molecule has 3 aromatic rings. The molecule has 5 heterocycles. The lowest BCUT2D eigenvalue weighted by Crippen LogP contribution is -2.49. The number of carbonyl (C=O) groups is 2. The van der Waals surface area contributed by atoms with Crippen molar-refractivity contribution in [1.29, 1.82) is 0 Å². The lowest BCUT2D eigenvalue weighted by molar-refractivity contribution is 0.0588. The first-order valence-corrected chi connectivity index (χ1v) is 9.89. The van der Waals surface area contributed by atoms with E-state index in [0.29, 0.717) is 25.3 Å². The highest BCUT2D eigenvalue weighted by Gasteiger charge is 2.37. The molecule has 2 amide bonds. The van der Waals surface area contributed by atoms with Crippen LogP contribution in [0.25, 0.3) is 0 Å². The van der Waals surface area contributed by atoms with Gasteiger partial charge in [0.1, 0.15) is 11.4 Å². The highest BCUT2D eigenvalue weighted by molar-refractivity contribution is 6.02. The molecule has 2 bridgehead atoms. The van der Waals surface area contributed by atoms with Crippen LogP contribution >= 0.6 is 0 Å². The zero-order valence-corrected chi connectivity index (χ0v) is 16.2. The van der Waals surface area contributed by atoms with Gasteiger partial charge in [-0.1, -0.05) is 6.07 Å². The van der Waals surface area contributed by atoms with Crippen LogP contribution in [0.2, 0.25) is 0 Å². The lowest BCUT2D eigenvalue weighted by Gasteiger charge is -2.42. The van der Waals surface area contributed by atoms with Crippen LogP contribution in [-0.2, 0) is 6.54 Å². The molecule has 0 spiro atoms. The third-order valence-electron chi connectivity index (χ3n) is 5.77. The van der Waals surface area contributed by atoms with Gasteiger partial charge < -0.3 is 19.2 Å². The summed E-state index contributed by atoms with van der Waals surface area (Å²) in [7, 11) is 0. The molecule has 3 aromatic heterocycles. The van der Waals surface area contributed by atoms with Crippen molar-refractivity contribution in [2.75, 3.05) is 18.4 Å². The molecule has 0 aliphatic carbocycles. The van der Waals surface area contributed by atoms with Crippen molar-refractivity contribution in [2.45, 2.75) is 18.9 Å². The van der Waals surface area contributed by atoms with E-state index in [0.717, 1.165) is 12.1 Å². The zero-order valence-electron chi connectivity index (χ0n) is 16.2. The van der Waals surface area contributed by atoms with E-state index in [-0.39, 0.29) is 34.7 Å². The molecule has 8 nitrogen and oxygen atoms in total. The van der Waals surface area contributed by atoms with Crippen LogP contribution in [0.4, 0.5) is 5.69 Å². The fourth-order valence-corrected chi connectivity index (χ4v) is 4.45. The van der Waals surface area contributed by atoms with Gasteiger partial charge >= 0.3 is 0 Å². The summed E-state index contributed by atoms with van der Waals surface area (Å²) < 4.78 is 6.82. The Morgan fingerprint density at radius 2 is 1.97 bits per heavy atom. The van der Waals surface area contributed by atoms with E-state index in [1.807, 2.05) is 11.0 Å². The number of nitrogens with zero attached hydrogens (tertiary/aromatic N) is 3. The minimum absolute atomic E-state index is 0.0766. The predicted molar refractivity (Wildman–Crippen MR) is 108 cm³/mol. The molecule has 0 radical (unpaired) electrons. The second-order valence-corrected chi connectivity index (χ2v) is 7.74. The second kappa shape index (κ2) is 7.29. The minimum atomic E-state index is -0.458. The predicted octanol–water partition coefficient (Wildman–Crippen LogP) is 2.35. The summed E-state index contributed by atoms with van der Waals surface area (Å²) in [6.07, 6.45) is 3.96. The molecule has 0 saturated carbocycles. The van der Waals surface area contributed by atoms with E-state index in [1.165, 1.54) is 6.26 Å². The summed E-state index contributed by atoms with van der Waals surface area (Å²) in [4.78, 5) is 44.1. The Bertz CT molecular complexity index is 1150. The fourth-order valence-electron chi connectivity index (χ4n) is 4.45. The average Bonchev–Trinajstić information content (AvgIpc) is 3.31. The summed E-state index contributed by atoms with van der Waals surface area (Å²) in [5, 5.41) is 2.64. The van der Waals surface area contributed by atoms with E-state index < -0.39 is 5.91 Å². The van der Waals surface area contributed by atoms with Crippen molar-refractivity contribution < 1.29 is 14.0 Å². The smallest absolute Gasteiger partial charge is 0.291 e. The number of aromatic nitrogens is 2. The van der Waals surface area contributed by atoms with Crippen LogP contribution in [-0.4, -0.2) is 39.4 Å². The van der Waals surface area contributed by atoms with Crippen molar-refractivity contribution in [2.24, 2.45) is 5.92 Å². The first-order chi connectivity index (χ1) is 14.6. The first-order valence-electron chi connectivity index (χ1n) is 9.89. The van der Waals surface area contributed by atoms with Crippen LogP contribution < -0.4 is 10.9 Å². The van der Waals surface area contributed by atoms with Crippen LogP contribution in [0, 0.1) is 5.92 Å². The Balaban J connectivity index is 1.39. The molecule has 1 saturated heterocycles. The number of furan rings is 1. The molecule has 0 unspecified atom stereocenters. The zero-order chi connectivity index (χ0) is 20.7. The molecule has 8 heteroatoms. The van der Waals surface area contributed by atoms with Crippen molar-refractivity contribution >= 4 is 17.5 Å². The van der Waals surface area contributed by atoms with Gasteiger partial charge in [0.25, 0.3) is 17.4 Å². The number of hydrogen-bond donors (Lipinski definition) is 1. The normalized spacial score (nSPS) is 19.8. The topological polar surface area (TPSA) is 97.4 Å². The minimum Gasteiger partial charge on any atom is -0.459 e. The summed E-state index contributed by atoms with van der Waals surface area (Å²) in [6, 6.07) is 12.0. The third kappa shape index (κ3) is 3.20. The maximum atomic E-state index is 13.0. The Hall–Kier alpha value is -3.68. The maximum Gasteiger partial charge on any atom is 0.291 e. The number of anilines is 1. The van der Waals surface area contributed by atoms with Crippen LogP contribution in [0.3, 0.4) is 0 Å². The number of pyridine rings is 2. The molecule has 5 rings (SSSR count). The van der Waals surface area contributed by atoms with Crippen molar-refractivity contribution in [3.8, 4) is 0 Å². The molecule has 2 aliphatic heterocycles. The van der Waals surface area contributed by atoms with E-state index >= 15 is 0 Å². The molecule has 0 aromatic carbocycles. The van der Waals surface area contributed by atoms with Crippen LogP contribution in [0.5, 0.6) is 0 Å². The van der Waals surface area contributed by atoms with Crippen LogP contribution in [0.1, 0.15) is 39.1 Å². The Kier molecular flexibility index (Phi) is 4.46. The van der Waals surface area contributed by atoms with Gasteiger partial charge in [-0.05, 0) is 48.7 Å². The van der Waals surface area contributed by atoms with Gasteiger partial charge in [0.15, 0.2) is 5.76 Å². The molecule has 152 valence electrons. The number of fused-ring (bicyclic) bond motifs is 4. The molecule has 30 heavy (non-hydrogen) atoms. The summed E-state index contributed by atoms with van der Waals surface area (Å²) in [5.74, 6) is -0.132. The second-order valence-electron chi connectivity index (χ2n) is 7.74. The molecule has 1 N–H and O–H groups in total. The highest BCUT2D eigenvalue weighted by Crippen LogP contribution is 2.35. The highest BCUT2D eigenvalue weighted by atomic mass is 16.3. The van der Waals surface area contributed by atoms with Gasteiger partial charge in [-0.15, -0.1) is 0 Å². The Morgan fingerprint density at radius 3 is 2.73 bits per heavy atom. The van der Waals surface area contributed by atoms with Crippen LogP contribution in [0.15, 0.2) is 64.1 Å². The number of carbonyl (C=O) groups excluding carboxylic acids is 2. The third-order valence-corrected chi connectivity index (χ3v) is 5.77. The molecular weight excluding hydrogens is 384 g/mol. The quantitative estimate of drug-likeness (QED) is 0.723. The fraction of sp³-hybridized carbons (Fsp3) is 0.273. The summed E-state index contributed by atoms with van der Waals surface area (Å²) >= 11 is 0. The lowest BCUT2D eigenvalue weighted by atomic mass is 9.83. The van der Waals surface area contributed by atoms with Crippen molar-refractivity contribution in [3.63, 3.8) is 0 Å². The van der Waals surface area contributed by atoms with Gasteiger partial charge in [0.2, 0.25) is 0 Å². The van der Waals surface area contributed by atoms with E-state index in [2.05, 4.69) is 10.3 Å². The number of hydrogen-bond acceptors (Lipinski definition) is 5. The van der Waals surface area contributed by atoms with Crippen molar-refractivity contribution in [1.82, 2.24) is 14.5 Å². The van der Waals surface area contributed by atoms with Gasteiger partial charge in [-0.2, -0.15) is 0 Å². The van der Waals surface area contributed by atoms with Gasteiger partial charge in [0, 0.05) is 37.4 Å². The molecular formula is C22H20N4O4. The monoisotopic (exact) mass is 404 g/mol. The first kappa shape index (κ1) is 18.4. The standard InChI is InChI=1S/C22H20N4O4/c27-20(19-5-3-9-30-19)24-17-6-7-18-15-10-14(12-26(18)22(17)29)11-25(13-15)21(28)16-4-1-2-8-23-16/h1-9,14-15H,10-13H2,(H,24,27)/t14-,15+/m0/s1. The van der Waals surface area contributed by atoms with E-state index in [9.17, 15) is 14.4 Å². The number of likely N-dealkylation sites (tertiary alicyclic amines) is 1. The average molecular weight is 404 g/mol. The van der Waals surface area contributed by atoms with Gasteiger partial charge in [-0.3, -0.25) is 19.4 Å². The van der Waals surface area contributed by atoms with E-state index in [4.69, 9.17) is 4.42 Å². The number of amides is 2. The maximum absolute atomic E-state index is 13.0. The number of nitrogens with one attached hydrogen (secondary N) is 1. The van der Waals surface area contributed by atoms with E-state index in [1.54, 1.807) is 47.2 Å². The molecule has 2 aliphatic rings. The number of piperidine rings is 1. The summed E-state index contributed by atoms with van der Waals surface area (Å²) in [6.45, 7) is 1.64. The van der Waals surface area contributed by atoms with Gasteiger partial charge in [-0.25, -0.2) is 0 Å². The Morgan fingerprint density at radius 1 is 1.07 bits per heavy atom. The van der Waals surface area contributed by atoms with Gasteiger partial charge in [0.05, 0.1) is 6.26 Å². The molecule has 2 atom stereocenters. The molecule has 1 fully saturated rings.